The maximum Gasteiger partial charge on any atom is 0.262 e. The molecule has 0 aliphatic heterocycles. The summed E-state index contributed by atoms with van der Waals surface area (Å²) in [6.07, 6.45) is 3.86. The highest BCUT2D eigenvalue weighted by Crippen LogP contribution is 2.22. The predicted octanol–water partition coefficient (Wildman–Crippen LogP) is 4.48. The van der Waals surface area contributed by atoms with Gasteiger partial charge in [-0.2, -0.15) is 5.26 Å². The lowest BCUT2D eigenvalue weighted by atomic mass is 10.2. The highest BCUT2D eigenvalue weighted by molar-refractivity contribution is 7.99. The molecule has 7 heteroatoms. The van der Waals surface area contributed by atoms with Crippen molar-refractivity contribution in [3.05, 3.63) is 57.7 Å². The van der Waals surface area contributed by atoms with Gasteiger partial charge in [0.2, 0.25) is 0 Å². The molecule has 0 saturated heterocycles. The Bertz CT molecular complexity index is 961. The van der Waals surface area contributed by atoms with Crippen molar-refractivity contribution in [3.63, 3.8) is 0 Å². The number of benzene rings is 1. The number of nitriles is 1. The molecule has 3 rings (SSSR count). The monoisotopic (exact) mass is 373 g/mol. The van der Waals surface area contributed by atoms with Crippen molar-refractivity contribution in [2.45, 2.75) is 31.0 Å². The molecule has 0 aliphatic carbocycles. The third kappa shape index (κ3) is 4.25. The first-order valence-corrected chi connectivity index (χ1v) is 9.27. The van der Waals surface area contributed by atoms with Gasteiger partial charge in [-0.3, -0.25) is 9.36 Å². The number of nitrogens with zero attached hydrogens (tertiary/aromatic N) is 3. The van der Waals surface area contributed by atoms with Crippen LogP contribution in [0.2, 0.25) is 5.02 Å². The van der Waals surface area contributed by atoms with Crippen LogP contribution in [0.5, 0.6) is 0 Å². The molecule has 0 spiro atoms. The zero-order valence-electron chi connectivity index (χ0n) is 13.4. The average Bonchev–Trinajstić information content (AvgIpc) is 3.11. The van der Waals surface area contributed by atoms with E-state index in [1.54, 1.807) is 35.1 Å². The quantitative estimate of drug-likeness (QED) is 0.347. The fourth-order valence-electron chi connectivity index (χ4n) is 2.45. The topological polar surface area (TPSA) is 71.8 Å². The Kier molecular flexibility index (Phi) is 5.79. The first-order chi connectivity index (χ1) is 12.2. The van der Waals surface area contributed by atoms with Crippen molar-refractivity contribution < 1.29 is 4.42 Å². The minimum atomic E-state index is -0.113. The van der Waals surface area contributed by atoms with Crippen molar-refractivity contribution >= 4 is 34.3 Å². The first-order valence-electron chi connectivity index (χ1n) is 7.91. The number of unbranched alkanes of at least 4 members (excludes halogenated alkanes) is 2. The normalized spacial score (nSPS) is 10.9. The van der Waals surface area contributed by atoms with E-state index in [-0.39, 0.29) is 5.56 Å². The minimum Gasteiger partial charge on any atom is -0.467 e. The van der Waals surface area contributed by atoms with Crippen molar-refractivity contribution in [1.82, 2.24) is 9.55 Å². The number of rotatable bonds is 7. The van der Waals surface area contributed by atoms with Gasteiger partial charge in [-0.05, 0) is 43.2 Å². The predicted molar refractivity (Wildman–Crippen MR) is 99.0 cm³/mol. The molecule has 0 amide bonds. The van der Waals surface area contributed by atoms with E-state index in [0.717, 1.165) is 18.6 Å². The molecule has 128 valence electrons. The van der Waals surface area contributed by atoms with Gasteiger partial charge >= 0.3 is 0 Å². The highest BCUT2D eigenvalue weighted by atomic mass is 35.5. The maximum atomic E-state index is 12.9. The molecule has 25 heavy (non-hydrogen) atoms. The van der Waals surface area contributed by atoms with Gasteiger partial charge in [-0.25, -0.2) is 4.98 Å². The fraction of sp³-hybridized carbons (Fsp3) is 0.278. The van der Waals surface area contributed by atoms with Crippen molar-refractivity contribution in [1.29, 1.82) is 5.26 Å². The second kappa shape index (κ2) is 8.24. The third-order valence-corrected chi connectivity index (χ3v) is 4.99. The number of thioether (sulfide) groups is 1. The van der Waals surface area contributed by atoms with Crippen LogP contribution in [0.15, 0.2) is 51.0 Å². The Morgan fingerprint density at radius 3 is 2.96 bits per heavy atom. The second-order valence-electron chi connectivity index (χ2n) is 5.49. The number of hydrogen-bond acceptors (Lipinski definition) is 5. The SMILES string of the molecule is N#CCCCCSc1nc2cc(Cl)ccc2c(=O)n1Cc1ccco1. The Morgan fingerprint density at radius 2 is 2.20 bits per heavy atom. The summed E-state index contributed by atoms with van der Waals surface area (Å²) in [4.78, 5) is 17.5. The van der Waals surface area contributed by atoms with Gasteiger partial charge in [0.05, 0.1) is 29.8 Å². The van der Waals surface area contributed by atoms with Crippen molar-refractivity contribution in [3.8, 4) is 6.07 Å². The van der Waals surface area contributed by atoms with Crippen LogP contribution in [0.25, 0.3) is 10.9 Å². The molecule has 1 aromatic carbocycles. The average molecular weight is 374 g/mol. The molecule has 5 nitrogen and oxygen atoms in total. The lowest BCUT2D eigenvalue weighted by molar-refractivity contribution is 0.476. The minimum absolute atomic E-state index is 0.113. The lowest BCUT2D eigenvalue weighted by Gasteiger charge is -2.12. The molecule has 2 aromatic heterocycles. The summed E-state index contributed by atoms with van der Waals surface area (Å²) in [6.45, 7) is 0.331. The number of halogens is 1. The van der Waals surface area contributed by atoms with Gasteiger partial charge in [0.1, 0.15) is 5.76 Å². The van der Waals surface area contributed by atoms with Gasteiger partial charge in [0.15, 0.2) is 5.16 Å². The largest absolute Gasteiger partial charge is 0.467 e. The van der Waals surface area contributed by atoms with Gasteiger partial charge in [-0.15, -0.1) is 0 Å². The molecule has 0 bridgehead atoms. The zero-order valence-corrected chi connectivity index (χ0v) is 15.0. The highest BCUT2D eigenvalue weighted by Gasteiger charge is 2.13. The zero-order chi connectivity index (χ0) is 17.6. The Morgan fingerprint density at radius 1 is 1.32 bits per heavy atom. The Labute approximate surface area is 154 Å². The molecule has 3 aromatic rings. The van der Waals surface area contributed by atoms with Crippen LogP contribution in [-0.4, -0.2) is 15.3 Å². The number of hydrogen-bond donors (Lipinski definition) is 0. The molecule has 0 atom stereocenters. The van der Waals surface area contributed by atoms with Crippen LogP contribution < -0.4 is 5.56 Å². The van der Waals surface area contributed by atoms with Gasteiger partial charge in [0, 0.05) is 17.2 Å². The summed E-state index contributed by atoms with van der Waals surface area (Å²) >= 11 is 7.55. The number of fused-ring (bicyclic) bond motifs is 1. The molecule has 0 fully saturated rings. The van der Waals surface area contributed by atoms with Gasteiger partial charge < -0.3 is 4.42 Å². The van der Waals surface area contributed by atoms with Crippen LogP contribution in [0, 0.1) is 11.3 Å². The summed E-state index contributed by atoms with van der Waals surface area (Å²) in [5, 5.41) is 10.3. The Hall–Kier alpha value is -2.23. The Balaban J connectivity index is 1.95. The van der Waals surface area contributed by atoms with E-state index in [4.69, 9.17) is 21.3 Å². The molecular weight excluding hydrogens is 358 g/mol. The van der Waals surface area contributed by atoms with Gasteiger partial charge in [0.25, 0.3) is 5.56 Å². The molecule has 0 saturated carbocycles. The van der Waals surface area contributed by atoms with Crippen LogP contribution >= 0.6 is 23.4 Å². The van der Waals surface area contributed by atoms with E-state index in [1.807, 2.05) is 6.07 Å². The summed E-state index contributed by atoms with van der Waals surface area (Å²) in [5.74, 6) is 1.49. The van der Waals surface area contributed by atoms with E-state index in [0.29, 0.717) is 39.8 Å². The van der Waals surface area contributed by atoms with E-state index >= 15 is 0 Å². The van der Waals surface area contributed by atoms with Crippen molar-refractivity contribution in [2.24, 2.45) is 0 Å². The fourth-order valence-corrected chi connectivity index (χ4v) is 3.61. The maximum absolute atomic E-state index is 12.9. The first kappa shape index (κ1) is 17.6. The molecule has 0 N–H and O–H groups in total. The smallest absolute Gasteiger partial charge is 0.262 e. The standard InChI is InChI=1S/C18H16ClN3O2S/c19-13-6-7-15-16(11-13)21-18(25-10-3-1-2-8-20)22(17(15)23)12-14-5-4-9-24-14/h4-7,9,11H,1-3,10,12H2. The van der Waals surface area contributed by atoms with E-state index in [2.05, 4.69) is 11.1 Å². The van der Waals surface area contributed by atoms with Crippen LogP contribution in [0.1, 0.15) is 25.0 Å². The third-order valence-electron chi connectivity index (χ3n) is 3.69. The molecule has 0 unspecified atom stereocenters. The van der Waals surface area contributed by atoms with E-state index in [9.17, 15) is 4.79 Å². The van der Waals surface area contributed by atoms with Gasteiger partial charge in [-0.1, -0.05) is 23.4 Å². The molecule has 0 radical (unpaired) electrons. The summed E-state index contributed by atoms with van der Waals surface area (Å²) in [6, 6.07) is 10.9. The molecule has 2 heterocycles. The summed E-state index contributed by atoms with van der Waals surface area (Å²) < 4.78 is 7.01. The molecule has 0 aliphatic rings. The van der Waals surface area contributed by atoms with Crippen molar-refractivity contribution in [2.75, 3.05) is 5.75 Å². The lowest BCUT2D eigenvalue weighted by Crippen LogP contribution is -2.24. The summed E-state index contributed by atoms with van der Waals surface area (Å²) in [5.41, 5.74) is 0.477. The molecular formula is C18H16ClN3O2S. The number of aromatic nitrogens is 2. The number of furan rings is 1. The second-order valence-corrected chi connectivity index (χ2v) is 6.99. The van der Waals surface area contributed by atoms with Crippen LogP contribution in [0.4, 0.5) is 0 Å². The van der Waals surface area contributed by atoms with E-state index < -0.39 is 0 Å². The van der Waals surface area contributed by atoms with Crippen LogP contribution in [0.3, 0.4) is 0 Å². The van der Waals surface area contributed by atoms with E-state index in [1.165, 1.54) is 11.8 Å². The summed E-state index contributed by atoms with van der Waals surface area (Å²) in [7, 11) is 0. The van der Waals surface area contributed by atoms with Crippen LogP contribution in [-0.2, 0) is 6.54 Å².